The molecular weight excluding hydrogens is 629 g/mol. The molecule has 10 rings (SSSR count). The first-order chi connectivity index (χ1) is 24.8. The number of nitrogens with one attached hydrogen (secondary N) is 3. The molecule has 8 aromatic rings. The summed E-state index contributed by atoms with van der Waals surface area (Å²) in [5.41, 5.74) is 12.3. The lowest BCUT2D eigenvalue weighted by Crippen LogP contribution is -2.54. The van der Waals surface area contributed by atoms with Crippen LogP contribution in [-0.2, 0) is 0 Å². The Labute approximate surface area is 295 Å². The monoisotopic (exact) mass is 662 g/mol. The molecule has 2 aliphatic rings. The fraction of sp³-hybridized carbons (Fsp3) is 0.0667. The molecule has 5 heteroatoms. The number of hydrogen-bond donors (Lipinski definition) is 3. The van der Waals surface area contributed by atoms with Crippen LogP contribution in [0, 0.1) is 0 Å². The van der Waals surface area contributed by atoms with Gasteiger partial charge in [-0.3, -0.25) is 16.0 Å². The van der Waals surface area contributed by atoms with Gasteiger partial charge < -0.3 is 4.57 Å². The van der Waals surface area contributed by atoms with Gasteiger partial charge in [0.15, 0.2) is 0 Å². The zero-order valence-electron chi connectivity index (χ0n) is 27.3. The molecule has 240 valence electrons. The van der Waals surface area contributed by atoms with E-state index in [0.717, 1.165) is 5.69 Å². The van der Waals surface area contributed by atoms with Gasteiger partial charge in [-0.25, -0.2) is 0 Å². The Bertz CT molecular complexity index is 2460. The van der Waals surface area contributed by atoms with E-state index in [1.54, 1.807) is 0 Å². The molecule has 1 fully saturated rings. The van der Waals surface area contributed by atoms with Crippen LogP contribution in [0.5, 0.6) is 0 Å². The first-order valence-electron chi connectivity index (χ1n) is 17.2. The van der Waals surface area contributed by atoms with E-state index in [0.29, 0.717) is 0 Å². The summed E-state index contributed by atoms with van der Waals surface area (Å²) in [7, 11) is 0. The highest BCUT2D eigenvalue weighted by Gasteiger charge is 2.30. The predicted molar refractivity (Wildman–Crippen MR) is 206 cm³/mol. The van der Waals surface area contributed by atoms with E-state index in [4.69, 9.17) is 0 Å². The SMILES string of the molecule is c1ccc(C2NC(c3ccccc3)NC(c3ccc(-n4c5ccccc5c5ccc6c(c54)-c4ccccc4-c4ccccc4S6)cc3)N2)cc1. The third-order valence-electron chi connectivity index (χ3n) is 10.1. The molecule has 0 radical (unpaired) electrons. The van der Waals surface area contributed by atoms with E-state index in [9.17, 15) is 0 Å². The summed E-state index contributed by atoms with van der Waals surface area (Å²) in [6.07, 6.45) is -0.0828. The van der Waals surface area contributed by atoms with Crippen molar-refractivity contribution in [2.75, 3.05) is 0 Å². The van der Waals surface area contributed by atoms with Gasteiger partial charge in [0.05, 0.1) is 29.5 Å². The third kappa shape index (κ3) is 4.90. The molecule has 0 saturated carbocycles. The zero-order chi connectivity index (χ0) is 33.0. The van der Waals surface area contributed by atoms with Gasteiger partial charge in [-0.15, -0.1) is 0 Å². The van der Waals surface area contributed by atoms with Crippen molar-refractivity contribution >= 4 is 33.6 Å². The standard InChI is InChI=1S/C45H34N4S/c1-3-13-29(14-4-1)43-46-44(30-15-5-2-6-16-30)48-45(47-43)31-23-25-32(26-24-31)49-38-21-11-9-18-34(38)37-27-28-40-41(42(37)49)36-20-8-7-17-33(36)35-19-10-12-22-39(35)50-40/h1-28,43-48H. The molecule has 0 bridgehead atoms. The summed E-state index contributed by atoms with van der Waals surface area (Å²) in [4.78, 5) is 2.56. The van der Waals surface area contributed by atoms with Crippen LogP contribution in [0.2, 0.25) is 0 Å². The molecule has 0 spiro atoms. The molecule has 3 heterocycles. The van der Waals surface area contributed by atoms with Gasteiger partial charge in [-0.2, -0.15) is 0 Å². The largest absolute Gasteiger partial charge is 0.309 e. The van der Waals surface area contributed by atoms with Gasteiger partial charge in [0, 0.05) is 31.8 Å². The first-order valence-corrected chi connectivity index (χ1v) is 18.0. The maximum atomic E-state index is 3.84. The number of para-hydroxylation sites is 1. The van der Waals surface area contributed by atoms with E-state index in [2.05, 4.69) is 190 Å². The maximum absolute atomic E-state index is 3.84. The van der Waals surface area contributed by atoms with Crippen LogP contribution in [-0.4, -0.2) is 4.57 Å². The van der Waals surface area contributed by atoms with Gasteiger partial charge in [0.25, 0.3) is 0 Å². The zero-order valence-corrected chi connectivity index (χ0v) is 28.1. The van der Waals surface area contributed by atoms with E-state index < -0.39 is 0 Å². The predicted octanol–water partition coefficient (Wildman–Crippen LogP) is 10.8. The molecule has 3 N–H and O–H groups in total. The Morgan fingerprint density at radius 2 is 0.940 bits per heavy atom. The molecule has 50 heavy (non-hydrogen) atoms. The Morgan fingerprint density at radius 1 is 0.400 bits per heavy atom. The normalized spacial score (nSPS) is 18.3. The molecule has 2 aliphatic heterocycles. The van der Waals surface area contributed by atoms with Crippen LogP contribution >= 0.6 is 11.8 Å². The summed E-state index contributed by atoms with van der Waals surface area (Å²) < 4.78 is 2.48. The van der Waals surface area contributed by atoms with E-state index in [1.165, 1.54) is 70.5 Å². The second-order valence-electron chi connectivity index (χ2n) is 13.0. The van der Waals surface area contributed by atoms with Crippen LogP contribution in [0.25, 0.3) is 49.7 Å². The molecule has 2 atom stereocenters. The molecule has 0 amide bonds. The Hall–Kier alpha value is -5.43. The van der Waals surface area contributed by atoms with Crippen LogP contribution in [0.3, 0.4) is 0 Å². The number of hydrogen-bond acceptors (Lipinski definition) is 4. The molecule has 7 aromatic carbocycles. The van der Waals surface area contributed by atoms with Crippen molar-refractivity contribution in [3.8, 4) is 27.9 Å². The quantitative estimate of drug-likeness (QED) is 0.175. The average molecular weight is 663 g/mol. The topological polar surface area (TPSA) is 41.0 Å². The van der Waals surface area contributed by atoms with Gasteiger partial charge in [0.2, 0.25) is 0 Å². The van der Waals surface area contributed by atoms with Gasteiger partial charge in [-0.1, -0.05) is 151 Å². The van der Waals surface area contributed by atoms with Crippen LogP contribution in [0.4, 0.5) is 0 Å². The minimum atomic E-state index is -0.0584. The smallest absolute Gasteiger partial charge is 0.0864 e. The molecule has 0 aliphatic carbocycles. The number of rotatable bonds is 4. The third-order valence-corrected chi connectivity index (χ3v) is 11.3. The van der Waals surface area contributed by atoms with Gasteiger partial charge in [-0.05, 0) is 63.7 Å². The van der Waals surface area contributed by atoms with Crippen molar-refractivity contribution < 1.29 is 0 Å². The van der Waals surface area contributed by atoms with E-state index in [-0.39, 0.29) is 18.5 Å². The maximum Gasteiger partial charge on any atom is 0.0864 e. The fourth-order valence-corrected chi connectivity index (χ4v) is 8.93. The minimum Gasteiger partial charge on any atom is -0.309 e. The summed E-state index contributed by atoms with van der Waals surface area (Å²) in [6.45, 7) is 0. The fourth-order valence-electron chi connectivity index (χ4n) is 7.81. The second kappa shape index (κ2) is 12.2. The van der Waals surface area contributed by atoms with E-state index in [1.807, 2.05) is 11.8 Å². The molecule has 2 unspecified atom stereocenters. The number of aromatic nitrogens is 1. The molecular formula is C45H34N4S. The minimum absolute atomic E-state index is 0.0122. The lowest BCUT2D eigenvalue weighted by Gasteiger charge is -2.39. The molecule has 1 aromatic heterocycles. The average Bonchev–Trinajstić information content (AvgIpc) is 3.45. The second-order valence-corrected chi connectivity index (χ2v) is 14.1. The summed E-state index contributed by atoms with van der Waals surface area (Å²) in [5.74, 6) is 0. The van der Waals surface area contributed by atoms with Crippen molar-refractivity contribution in [1.82, 2.24) is 20.5 Å². The lowest BCUT2D eigenvalue weighted by atomic mass is 9.93. The number of fused-ring (bicyclic) bond motifs is 9. The Kier molecular flexibility index (Phi) is 7.17. The number of benzene rings is 7. The summed E-state index contributed by atoms with van der Waals surface area (Å²) in [6, 6.07) is 61.5. The van der Waals surface area contributed by atoms with Crippen molar-refractivity contribution in [1.29, 1.82) is 0 Å². The van der Waals surface area contributed by atoms with Crippen molar-refractivity contribution in [3.05, 3.63) is 187 Å². The Balaban J connectivity index is 1.11. The first kappa shape index (κ1) is 29.5. The summed E-state index contributed by atoms with van der Waals surface area (Å²) >= 11 is 1.87. The Morgan fingerprint density at radius 3 is 1.62 bits per heavy atom. The molecule has 4 nitrogen and oxygen atoms in total. The van der Waals surface area contributed by atoms with Crippen molar-refractivity contribution in [3.63, 3.8) is 0 Å². The van der Waals surface area contributed by atoms with Crippen LogP contribution < -0.4 is 16.0 Å². The lowest BCUT2D eigenvalue weighted by molar-refractivity contribution is 0.203. The van der Waals surface area contributed by atoms with Gasteiger partial charge >= 0.3 is 0 Å². The van der Waals surface area contributed by atoms with E-state index >= 15 is 0 Å². The molecule has 1 saturated heterocycles. The van der Waals surface area contributed by atoms with Gasteiger partial charge in [0.1, 0.15) is 0 Å². The van der Waals surface area contributed by atoms with Crippen LogP contribution in [0.15, 0.2) is 180 Å². The van der Waals surface area contributed by atoms with Crippen molar-refractivity contribution in [2.45, 2.75) is 28.3 Å². The number of nitrogens with zero attached hydrogens (tertiary/aromatic N) is 1. The highest BCUT2D eigenvalue weighted by atomic mass is 32.2. The highest BCUT2D eigenvalue weighted by molar-refractivity contribution is 7.99. The van der Waals surface area contributed by atoms with Crippen LogP contribution in [0.1, 0.15) is 35.2 Å². The van der Waals surface area contributed by atoms with Crippen molar-refractivity contribution in [2.24, 2.45) is 0 Å². The highest BCUT2D eigenvalue weighted by Crippen LogP contribution is 2.51. The summed E-state index contributed by atoms with van der Waals surface area (Å²) in [5, 5.41) is 14.0.